The molecule has 3 N–H and O–H groups in total. The van der Waals surface area contributed by atoms with E-state index in [1.807, 2.05) is 6.92 Å². The van der Waals surface area contributed by atoms with E-state index in [0.717, 1.165) is 55.9 Å². The predicted octanol–water partition coefficient (Wildman–Crippen LogP) is 2.60. The average molecular weight is 378 g/mol. The van der Waals surface area contributed by atoms with Gasteiger partial charge in [0.05, 0.1) is 32.5 Å². The molecule has 0 aromatic heterocycles. The Kier molecular flexibility index (Phi) is 10.2. The van der Waals surface area contributed by atoms with Crippen LogP contribution in [0.5, 0.6) is 0 Å². The highest BCUT2D eigenvalue weighted by atomic mass is 16.5. The summed E-state index contributed by atoms with van der Waals surface area (Å²) < 4.78 is 10.9. The molecule has 152 valence electrons. The molecular weight excluding hydrogens is 342 g/mol. The van der Waals surface area contributed by atoms with Crippen LogP contribution >= 0.6 is 0 Å². The number of aliphatic imine (C=N–C) groups is 1. The van der Waals surface area contributed by atoms with E-state index in [1.165, 1.54) is 0 Å². The minimum absolute atomic E-state index is 0.138. The summed E-state index contributed by atoms with van der Waals surface area (Å²) in [5.74, 6) is 0.845. The first-order valence-electron chi connectivity index (χ1n) is 10.2. The Balaban J connectivity index is 1.84. The summed E-state index contributed by atoms with van der Waals surface area (Å²) in [5.41, 5.74) is 2.32. The van der Waals surface area contributed by atoms with Crippen molar-refractivity contribution < 1.29 is 14.6 Å². The Labute approximate surface area is 163 Å². The van der Waals surface area contributed by atoms with Crippen molar-refractivity contribution >= 4 is 5.96 Å². The zero-order valence-corrected chi connectivity index (χ0v) is 16.7. The van der Waals surface area contributed by atoms with E-state index in [1.54, 1.807) is 0 Å². The van der Waals surface area contributed by atoms with Gasteiger partial charge in [-0.2, -0.15) is 0 Å². The number of hydrogen-bond acceptors (Lipinski definition) is 4. The van der Waals surface area contributed by atoms with Crippen LogP contribution in [0.25, 0.3) is 0 Å². The highest BCUT2D eigenvalue weighted by molar-refractivity contribution is 5.80. The number of nitrogens with one attached hydrogen (secondary N) is 2. The Morgan fingerprint density at radius 2 is 1.85 bits per heavy atom. The Morgan fingerprint density at radius 1 is 1.11 bits per heavy atom. The number of nitrogens with zero attached hydrogens (tertiary/aromatic N) is 1. The van der Waals surface area contributed by atoms with Crippen LogP contribution in [0.15, 0.2) is 29.3 Å². The van der Waals surface area contributed by atoms with Crippen molar-refractivity contribution in [3.05, 3.63) is 35.4 Å². The molecule has 6 heteroatoms. The third kappa shape index (κ3) is 8.73. The summed E-state index contributed by atoms with van der Waals surface area (Å²) in [5, 5.41) is 16.5. The van der Waals surface area contributed by atoms with Crippen molar-refractivity contribution in [2.24, 2.45) is 4.99 Å². The van der Waals surface area contributed by atoms with Gasteiger partial charge in [-0.3, -0.25) is 0 Å². The van der Waals surface area contributed by atoms with Gasteiger partial charge >= 0.3 is 0 Å². The van der Waals surface area contributed by atoms with E-state index in [9.17, 15) is 5.11 Å². The third-order valence-corrected chi connectivity index (χ3v) is 4.64. The van der Waals surface area contributed by atoms with Crippen molar-refractivity contribution in [3.63, 3.8) is 0 Å². The maximum absolute atomic E-state index is 9.66. The minimum atomic E-state index is -0.138. The van der Waals surface area contributed by atoms with Crippen molar-refractivity contribution in [2.45, 2.75) is 64.8 Å². The molecule has 0 amide bonds. The fourth-order valence-electron chi connectivity index (χ4n) is 3.17. The van der Waals surface area contributed by atoms with Crippen LogP contribution in [0.2, 0.25) is 0 Å². The van der Waals surface area contributed by atoms with E-state index >= 15 is 0 Å². The Morgan fingerprint density at radius 3 is 2.59 bits per heavy atom. The number of guanidine groups is 1. The molecule has 1 fully saturated rings. The van der Waals surface area contributed by atoms with Gasteiger partial charge in [0.25, 0.3) is 0 Å². The third-order valence-electron chi connectivity index (χ3n) is 4.64. The SMILES string of the molecule is CCNC(=NCc1cccc(COCCOCC)c1)NC1CCC(O)CC1. The van der Waals surface area contributed by atoms with Gasteiger partial charge in [0.1, 0.15) is 0 Å². The fraction of sp³-hybridized carbons (Fsp3) is 0.667. The number of aliphatic hydroxyl groups is 1. The molecule has 1 aromatic carbocycles. The number of aliphatic hydroxyl groups excluding tert-OH is 1. The van der Waals surface area contributed by atoms with Gasteiger partial charge in [-0.15, -0.1) is 0 Å². The van der Waals surface area contributed by atoms with Gasteiger partial charge in [-0.25, -0.2) is 4.99 Å². The molecule has 0 aliphatic heterocycles. The monoisotopic (exact) mass is 377 g/mol. The lowest BCUT2D eigenvalue weighted by atomic mass is 9.93. The van der Waals surface area contributed by atoms with Crippen LogP contribution in [-0.4, -0.2) is 49.6 Å². The number of hydrogen-bond donors (Lipinski definition) is 3. The van der Waals surface area contributed by atoms with Gasteiger partial charge in [0.2, 0.25) is 0 Å². The molecule has 27 heavy (non-hydrogen) atoms. The summed E-state index contributed by atoms with van der Waals surface area (Å²) in [6.45, 7) is 8.07. The smallest absolute Gasteiger partial charge is 0.191 e. The molecule has 0 radical (unpaired) electrons. The summed E-state index contributed by atoms with van der Waals surface area (Å²) in [6, 6.07) is 8.74. The largest absolute Gasteiger partial charge is 0.393 e. The molecule has 0 bridgehead atoms. The molecule has 0 atom stereocenters. The lowest BCUT2D eigenvalue weighted by Gasteiger charge is -2.27. The van der Waals surface area contributed by atoms with Crippen LogP contribution < -0.4 is 10.6 Å². The summed E-state index contributed by atoms with van der Waals surface area (Å²) in [6.07, 6.45) is 3.56. The molecule has 0 heterocycles. The number of benzene rings is 1. The van der Waals surface area contributed by atoms with Crippen LogP contribution in [-0.2, 0) is 22.6 Å². The van der Waals surface area contributed by atoms with E-state index in [0.29, 0.717) is 32.4 Å². The number of ether oxygens (including phenoxy) is 2. The summed E-state index contributed by atoms with van der Waals surface area (Å²) in [7, 11) is 0. The molecule has 0 unspecified atom stereocenters. The van der Waals surface area contributed by atoms with Crippen molar-refractivity contribution in [2.75, 3.05) is 26.4 Å². The molecule has 1 aliphatic rings. The van der Waals surface area contributed by atoms with Crippen LogP contribution in [0.4, 0.5) is 0 Å². The van der Waals surface area contributed by atoms with Crippen molar-refractivity contribution in [3.8, 4) is 0 Å². The molecule has 0 spiro atoms. The first-order valence-corrected chi connectivity index (χ1v) is 10.2. The predicted molar refractivity (Wildman–Crippen MR) is 109 cm³/mol. The van der Waals surface area contributed by atoms with E-state index in [4.69, 9.17) is 14.5 Å². The van der Waals surface area contributed by atoms with Crippen LogP contribution in [0.1, 0.15) is 50.7 Å². The van der Waals surface area contributed by atoms with Gasteiger partial charge < -0.3 is 25.2 Å². The van der Waals surface area contributed by atoms with Gasteiger partial charge in [-0.1, -0.05) is 24.3 Å². The molecule has 0 saturated heterocycles. The zero-order valence-electron chi connectivity index (χ0n) is 16.7. The second kappa shape index (κ2) is 12.7. The molecular formula is C21H35N3O3. The maximum Gasteiger partial charge on any atom is 0.191 e. The molecule has 1 saturated carbocycles. The van der Waals surface area contributed by atoms with E-state index < -0.39 is 0 Å². The summed E-state index contributed by atoms with van der Waals surface area (Å²) in [4.78, 5) is 4.73. The topological polar surface area (TPSA) is 75.1 Å². The quantitative estimate of drug-likeness (QED) is 0.332. The average Bonchev–Trinajstić information content (AvgIpc) is 2.68. The van der Waals surface area contributed by atoms with E-state index in [-0.39, 0.29) is 6.10 Å². The normalized spacial score (nSPS) is 20.5. The first-order chi connectivity index (χ1) is 13.2. The molecule has 1 aliphatic carbocycles. The highest BCUT2D eigenvalue weighted by Gasteiger charge is 2.19. The first kappa shape index (κ1) is 21.7. The molecule has 1 aromatic rings. The fourth-order valence-corrected chi connectivity index (χ4v) is 3.17. The lowest BCUT2D eigenvalue weighted by molar-refractivity contribution is 0.0453. The molecule has 2 rings (SSSR count). The Hall–Kier alpha value is -1.63. The van der Waals surface area contributed by atoms with Gasteiger partial charge in [0, 0.05) is 19.2 Å². The standard InChI is InChI=1S/C21H35N3O3/c1-3-22-21(24-19-8-10-20(25)11-9-19)23-15-17-6-5-7-18(14-17)16-27-13-12-26-4-2/h5-7,14,19-20,25H,3-4,8-13,15-16H2,1-2H3,(H2,22,23,24). The van der Waals surface area contributed by atoms with Crippen LogP contribution in [0, 0.1) is 0 Å². The van der Waals surface area contributed by atoms with Crippen molar-refractivity contribution in [1.29, 1.82) is 0 Å². The molecule has 6 nitrogen and oxygen atoms in total. The second-order valence-electron chi connectivity index (χ2n) is 6.91. The summed E-state index contributed by atoms with van der Waals surface area (Å²) >= 11 is 0. The minimum Gasteiger partial charge on any atom is -0.393 e. The van der Waals surface area contributed by atoms with Gasteiger partial charge in [0.15, 0.2) is 5.96 Å². The van der Waals surface area contributed by atoms with Crippen LogP contribution in [0.3, 0.4) is 0 Å². The number of rotatable bonds is 10. The van der Waals surface area contributed by atoms with Crippen molar-refractivity contribution in [1.82, 2.24) is 10.6 Å². The zero-order chi connectivity index (χ0) is 19.3. The highest BCUT2D eigenvalue weighted by Crippen LogP contribution is 2.18. The maximum atomic E-state index is 9.66. The van der Waals surface area contributed by atoms with E-state index in [2.05, 4.69) is 41.8 Å². The lowest BCUT2D eigenvalue weighted by Crippen LogP contribution is -2.45. The second-order valence-corrected chi connectivity index (χ2v) is 6.91. The van der Waals surface area contributed by atoms with Gasteiger partial charge in [-0.05, 0) is 50.7 Å². The Bertz CT molecular complexity index is 557.